The summed E-state index contributed by atoms with van der Waals surface area (Å²) in [6, 6.07) is 8.67. The van der Waals surface area contributed by atoms with Crippen LogP contribution < -0.4 is 0 Å². The summed E-state index contributed by atoms with van der Waals surface area (Å²) in [6.45, 7) is 11.5. The van der Waals surface area contributed by atoms with Crippen LogP contribution in [0.15, 0.2) is 54.0 Å². The van der Waals surface area contributed by atoms with Crippen molar-refractivity contribution in [1.29, 1.82) is 0 Å². The highest BCUT2D eigenvalue weighted by atomic mass is 79.9. The molecule has 1 atom stereocenters. The molecule has 86 valence electrons. The molecule has 0 aliphatic carbocycles. The SMILES string of the molecule is C=CCN(CC=C)C(C)c1ccccc1Br. The van der Waals surface area contributed by atoms with Crippen LogP contribution in [0, 0.1) is 0 Å². The van der Waals surface area contributed by atoms with Gasteiger partial charge in [-0.3, -0.25) is 4.90 Å². The summed E-state index contributed by atoms with van der Waals surface area (Å²) < 4.78 is 1.15. The molecule has 0 aliphatic rings. The molecule has 0 heterocycles. The molecule has 0 aliphatic heterocycles. The predicted molar refractivity (Wildman–Crippen MR) is 74.5 cm³/mol. The van der Waals surface area contributed by atoms with E-state index >= 15 is 0 Å². The van der Waals surface area contributed by atoms with Gasteiger partial charge >= 0.3 is 0 Å². The van der Waals surface area contributed by atoms with Crippen LogP contribution in [0.5, 0.6) is 0 Å². The number of hydrogen-bond donors (Lipinski definition) is 0. The third-order valence-corrected chi connectivity index (χ3v) is 3.35. The Morgan fingerprint density at radius 2 is 1.81 bits per heavy atom. The Hall–Kier alpha value is -0.860. The van der Waals surface area contributed by atoms with Crippen molar-refractivity contribution in [3.63, 3.8) is 0 Å². The summed E-state index contributed by atoms with van der Waals surface area (Å²) >= 11 is 3.59. The minimum absolute atomic E-state index is 0.353. The van der Waals surface area contributed by atoms with Gasteiger partial charge in [0.25, 0.3) is 0 Å². The first kappa shape index (κ1) is 13.2. The zero-order chi connectivity index (χ0) is 12.0. The fraction of sp³-hybridized carbons (Fsp3) is 0.286. The molecular weight excluding hydrogens is 262 g/mol. The largest absolute Gasteiger partial charge is 0.289 e. The molecule has 0 amide bonds. The van der Waals surface area contributed by atoms with Crippen LogP contribution in [0.25, 0.3) is 0 Å². The molecule has 0 saturated heterocycles. The van der Waals surface area contributed by atoms with Gasteiger partial charge in [-0.2, -0.15) is 0 Å². The van der Waals surface area contributed by atoms with E-state index in [0.717, 1.165) is 17.6 Å². The van der Waals surface area contributed by atoms with Crippen LogP contribution >= 0.6 is 15.9 Å². The summed E-state index contributed by atoms with van der Waals surface area (Å²) in [5, 5.41) is 0. The molecule has 16 heavy (non-hydrogen) atoms. The molecule has 0 saturated carbocycles. The number of nitrogens with zero attached hydrogens (tertiary/aromatic N) is 1. The van der Waals surface area contributed by atoms with Gasteiger partial charge in [-0.05, 0) is 18.6 Å². The Morgan fingerprint density at radius 1 is 1.25 bits per heavy atom. The van der Waals surface area contributed by atoms with Crippen LogP contribution in [0.4, 0.5) is 0 Å². The fourth-order valence-corrected chi connectivity index (χ4v) is 2.35. The van der Waals surface area contributed by atoms with E-state index < -0.39 is 0 Å². The van der Waals surface area contributed by atoms with E-state index in [0.29, 0.717) is 6.04 Å². The lowest BCUT2D eigenvalue weighted by atomic mass is 10.1. The second kappa shape index (κ2) is 6.66. The third-order valence-electron chi connectivity index (χ3n) is 2.63. The summed E-state index contributed by atoms with van der Waals surface area (Å²) in [5.74, 6) is 0. The Kier molecular flexibility index (Phi) is 5.50. The van der Waals surface area contributed by atoms with E-state index in [1.807, 2.05) is 18.2 Å². The first-order chi connectivity index (χ1) is 7.70. The predicted octanol–water partition coefficient (Wildman–Crippen LogP) is 4.18. The zero-order valence-electron chi connectivity index (χ0n) is 9.70. The topological polar surface area (TPSA) is 3.24 Å². The second-order valence-electron chi connectivity index (χ2n) is 3.73. The molecule has 0 N–H and O–H groups in total. The van der Waals surface area contributed by atoms with Gasteiger partial charge in [-0.15, -0.1) is 13.2 Å². The van der Waals surface area contributed by atoms with E-state index in [-0.39, 0.29) is 0 Å². The molecule has 1 unspecified atom stereocenters. The molecule has 0 radical (unpaired) electrons. The Labute approximate surface area is 107 Å². The van der Waals surface area contributed by atoms with E-state index in [1.165, 1.54) is 5.56 Å². The third kappa shape index (κ3) is 3.32. The first-order valence-corrected chi connectivity index (χ1v) is 6.20. The molecule has 1 aromatic carbocycles. The maximum absolute atomic E-state index is 3.79. The highest BCUT2D eigenvalue weighted by Crippen LogP contribution is 2.27. The fourth-order valence-electron chi connectivity index (χ4n) is 1.73. The molecule has 0 fully saturated rings. The Bertz CT molecular complexity index is 350. The van der Waals surface area contributed by atoms with Gasteiger partial charge in [-0.1, -0.05) is 46.3 Å². The molecular formula is C14H18BrN. The molecule has 1 nitrogen and oxygen atoms in total. The van der Waals surface area contributed by atoms with Crippen molar-refractivity contribution in [2.24, 2.45) is 0 Å². The van der Waals surface area contributed by atoms with Crippen LogP contribution in [-0.2, 0) is 0 Å². The maximum atomic E-state index is 3.79. The van der Waals surface area contributed by atoms with Crippen LogP contribution in [0.2, 0.25) is 0 Å². The smallest absolute Gasteiger partial charge is 0.0337 e. The van der Waals surface area contributed by atoms with Crippen LogP contribution in [0.1, 0.15) is 18.5 Å². The highest BCUT2D eigenvalue weighted by molar-refractivity contribution is 9.10. The lowest BCUT2D eigenvalue weighted by Gasteiger charge is -2.27. The van der Waals surface area contributed by atoms with Crippen LogP contribution in [0.3, 0.4) is 0 Å². The average molecular weight is 280 g/mol. The minimum Gasteiger partial charge on any atom is -0.289 e. The van der Waals surface area contributed by atoms with Gasteiger partial charge in [-0.25, -0.2) is 0 Å². The second-order valence-corrected chi connectivity index (χ2v) is 4.58. The number of hydrogen-bond acceptors (Lipinski definition) is 1. The van der Waals surface area contributed by atoms with Crippen molar-refractivity contribution in [2.45, 2.75) is 13.0 Å². The van der Waals surface area contributed by atoms with Crippen molar-refractivity contribution in [3.05, 3.63) is 59.6 Å². The highest BCUT2D eigenvalue weighted by Gasteiger charge is 2.15. The average Bonchev–Trinajstić information content (AvgIpc) is 2.28. The molecule has 2 heteroatoms. The number of benzene rings is 1. The van der Waals surface area contributed by atoms with E-state index in [4.69, 9.17) is 0 Å². The molecule has 0 bridgehead atoms. The monoisotopic (exact) mass is 279 g/mol. The summed E-state index contributed by atoms with van der Waals surface area (Å²) in [7, 11) is 0. The lowest BCUT2D eigenvalue weighted by molar-refractivity contribution is 0.259. The standard InChI is InChI=1S/C14H18BrN/c1-4-10-16(11-5-2)12(3)13-8-6-7-9-14(13)15/h4-9,12H,1-2,10-11H2,3H3. The van der Waals surface area contributed by atoms with Crippen LogP contribution in [-0.4, -0.2) is 18.0 Å². The maximum Gasteiger partial charge on any atom is 0.0337 e. The number of halogens is 1. The van der Waals surface area contributed by atoms with Gasteiger partial charge in [0.15, 0.2) is 0 Å². The van der Waals surface area contributed by atoms with E-state index in [1.54, 1.807) is 0 Å². The summed E-state index contributed by atoms with van der Waals surface area (Å²) in [5.41, 5.74) is 1.30. The van der Waals surface area contributed by atoms with Gasteiger partial charge in [0.05, 0.1) is 0 Å². The normalized spacial score (nSPS) is 12.4. The van der Waals surface area contributed by atoms with E-state index in [2.05, 4.69) is 59.1 Å². The Balaban J connectivity index is 2.88. The molecule has 0 spiro atoms. The number of rotatable bonds is 6. The first-order valence-electron chi connectivity index (χ1n) is 5.41. The quantitative estimate of drug-likeness (QED) is 0.706. The van der Waals surface area contributed by atoms with E-state index in [9.17, 15) is 0 Å². The van der Waals surface area contributed by atoms with Gasteiger partial charge in [0.2, 0.25) is 0 Å². The van der Waals surface area contributed by atoms with Crippen molar-refractivity contribution in [1.82, 2.24) is 4.90 Å². The molecule has 1 rings (SSSR count). The van der Waals surface area contributed by atoms with Crippen molar-refractivity contribution < 1.29 is 0 Å². The van der Waals surface area contributed by atoms with Gasteiger partial charge in [0, 0.05) is 23.6 Å². The summed E-state index contributed by atoms with van der Waals surface area (Å²) in [6.07, 6.45) is 3.85. The minimum atomic E-state index is 0.353. The van der Waals surface area contributed by atoms with Gasteiger partial charge < -0.3 is 0 Å². The van der Waals surface area contributed by atoms with Crippen molar-refractivity contribution in [2.75, 3.05) is 13.1 Å². The Morgan fingerprint density at radius 3 is 2.31 bits per heavy atom. The van der Waals surface area contributed by atoms with Gasteiger partial charge in [0.1, 0.15) is 0 Å². The zero-order valence-corrected chi connectivity index (χ0v) is 11.3. The summed E-state index contributed by atoms with van der Waals surface area (Å²) in [4.78, 5) is 2.32. The molecule has 0 aromatic heterocycles. The lowest BCUT2D eigenvalue weighted by Crippen LogP contribution is -2.27. The van der Waals surface area contributed by atoms with Crippen molar-refractivity contribution in [3.8, 4) is 0 Å². The molecule has 1 aromatic rings. The van der Waals surface area contributed by atoms with Crippen molar-refractivity contribution >= 4 is 15.9 Å².